The molecule has 0 unspecified atom stereocenters. The number of esters is 1. The first-order chi connectivity index (χ1) is 9.19. The van der Waals surface area contributed by atoms with Gasteiger partial charge in [0.1, 0.15) is 6.04 Å². The van der Waals surface area contributed by atoms with Crippen molar-refractivity contribution in [3.05, 3.63) is 29.3 Å². The Balaban J connectivity index is 3.18. The van der Waals surface area contributed by atoms with Crippen molar-refractivity contribution >= 4 is 22.0 Å². The van der Waals surface area contributed by atoms with Gasteiger partial charge in [0.25, 0.3) is 0 Å². The standard InChI is InChI=1S/C12H15NO6S/c1-7-4-5-9(11(14)15)6-10(7)20(17,18)13-8(2)12(16)19-3/h4-6,8,13H,1-3H3,(H,14,15)/t8-/m0/s1. The normalized spacial score (nSPS) is 12.8. The summed E-state index contributed by atoms with van der Waals surface area (Å²) in [7, 11) is -2.87. The largest absolute Gasteiger partial charge is 0.478 e. The lowest BCUT2D eigenvalue weighted by Gasteiger charge is -2.14. The van der Waals surface area contributed by atoms with Crippen LogP contribution >= 0.6 is 0 Å². The van der Waals surface area contributed by atoms with Gasteiger partial charge in [-0.3, -0.25) is 4.79 Å². The van der Waals surface area contributed by atoms with Gasteiger partial charge in [0, 0.05) is 0 Å². The van der Waals surface area contributed by atoms with Crippen LogP contribution in [-0.4, -0.2) is 38.6 Å². The predicted molar refractivity (Wildman–Crippen MR) is 69.9 cm³/mol. The lowest BCUT2D eigenvalue weighted by atomic mass is 10.1. The molecular weight excluding hydrogens is 286 g/mol. The molecule has 0 radical (unpaired) electrons. The molecule has 0 aromatic heterocycles. The number of hydrogen-bond donors (Lipinski definition) is 2. The molecule has 20 heavy (non-hydrogen) atoms. The highest BCUT2D eigenvalue weighted by Crippen LogP contribution is 2.17. The number of carbonyl (C=O) groups excluding carboxylic acids is 1. The molecule has 1 atom stereocenters. The molecule has 1 aromatic carbocycles. The predicted octanol–water partition coefficient (Wildman–Crippen LogP) is 0.533. The van der Waals surface area contributed by atoms with Crippen molar-refractivity contribution < 1.29 is 27.9 Å². The van der Waals surface area contributed by atoms with Crippen LogP contribution in [0.25, 0.3) is 0 Å². The summed E-state index contributed by atoms with van der Waals surface area (Å²) in [6.07, 6.45) is 0. The Kier molecular flexibility index (Phi) is 4.85. The molecule has 0 spiro atoms. The van der Waals surface area contributed by atoms with Crippen molar-refractivity contribution in [2.75, 3.05) is 7.11 Å². The van der Waals surface area contributed by atoms with Crippen LogP contribution in [0, 0.1) is 6.92 Å². The van der Waals surface area contributed by atoms with E-state index in [0.717, 1.165) is 13.2 Å². The van der Waals surface area contributed by atoms with Gasteiger partial charge in [0.2, 0.25) is 10.0 Å². The quantitative estimate of drug-likeness (QED) is 0.768. The van der Waals surface area contributed by atoms with E-state index in [2.05, 4.69) is 9.46 Å². The fraction of sp³-hybridized carbons (Fsp3) is 0.333. The number of hydrogen-bond acceptors (Lipinski definition) is 5. The van der Waals surface area contributed by atoms with E-state index >= 15 is 0 Å². The van der Waals surface area contributed by atoms with Gasteiger partial charge < -0.3 is 9.84 Å². The SMILES string of the molecule is COC(=O)[C@H](C)NS(=O)(=O)c1cc(C(=O)O)ccc1C. The first-order valence-corrected chi connectivity index (χ1v) is 7.11. The summed E-state index contributed by atoms with van der Waals surface area (Å²) in [5.74, 6) is -1.97. The zero-order valence-electron chi connectivity index (χ0n) is 11.2. The molecule has 1 rings (SSSR count). The molecule has 0 bridgehead atoms. The minimum atomic E-state index is -4.02. The molecule has 7 nitrogen and oxygen atoms in total. The fourth-order valence-corrected chi connectivity index (χ4v) is 3.01. The van der Waals surface area contributed by atoms with Crippen molar-refractivity contribution in [1.82, 2.24) is 4.72 Å². The third kappa shape index (κ3) is 3.55. The van der Waals surface area contributed by atoms with E-state index < -0.39 is 28.0 Å². The summed E-state index contributed by atoms with van der Waals surface area (Å²) in [6, 6.07) is 2.67. The van der Waals surface area contributed by atoms with E-state index in [0.29, 0.717) is 5.56 Å². The summed E-state index contributed by atoms with van der Waals surface area (Å²) in [5, 5.41) is 8.88. The monoisotopic (exact) mass is 301 g/mol. The maximum Gasteiger partial charge on any atom is 0.335 e. The van der Waals surface area contributed by atoms with Gasteiger partial charge in [0.15, 0.2) is 0 Å². The molecule has 0 saturated heterocycles. The number of carboxylic acids is 1. The molecule has 1 aromatic rings. The smallest absolute Gasteiger partial charge is 0.335 e. The summed E-state index contributed by atoms with van der Waals surface area (Å²) in [5.41, 5.74) is 0.223. The summed E-state index contributed by atoms with van der Waals surface area (Å²) >= 11 is 0. The Morgan fingerprint density at radius 2 is 1.95 bits per heavy atom. The highest BCUT2D eigenvalue weighted by atomic mass is 32.2. The number of carboxylic acid groups (broad SMARTS) is 1. The summed E-state index contributed by atoms with van der Waals surface area (Å²) in [6.45, 7) is 2.86. The lowest BCUT2D eigenvalue weighted by molar-refractivity contribution is -0.142. The zero-order valence-corrected chi connectivity index (χ0v) is 12.0. The first kappa shape index (κ1) is 16.1. The van der Waals surface area contributed by atoms with Gasteiger partial charge in [-0.15, -0.1) is 0 Å². The van der Waals surface area contributed by atoms with Crippen molar-refractivity contribution in [2.45, 2.75) is 24.8 Å². The average molecular weight is 301 g/mol. The molecule has 0 aliphatic carbocycles. The maximum absolute atomic E-state index is 12.1. The fourth-order valence-electron chi connectivity index (χ4n) is 1.54. The molecule has 110 valence electrons. The molecule has 0 aliphatic rings. The Hall–Kier alpha value is -1.93. The molecule has 0 aliphatic heterocycles. The number of aromatic carboxylic acids is 1. The van der Waals surface area contributed by atoms with Gasteiger partial charge in [-0.1, -0.05) is 6.07 Å². The minimum absolute atomic E-state index is 0.151. The van der Waals surface area contributed by atoms with Crippen molar-refractivity contribution in [3.63, 3.8) is 0 Å². The lowest BCUT2D eigenvalue weighted by Crippen LogP contribution is -2.39. The Morgan fingerprint density at radius 1 is 1.35 bits per heavy atom. The second-order valence-electron chi connectivity index (χ2n) is 4.15. The number of rotatable bonds is 5. The van der Waals surface area contributed by atoms with E-state index in [1.807, 2.05) is 0 Å². The Labute approximate surface area is 116 Å². The number of aryl methyl sites for hydroxylation is 1. The second-order valence-corrected chi connectivity index (χ2v) is 5.83. The van der Waals surface area contributed by atoms with E-state index in [4.69, 9.17) is 5.11 Å². The summed E-state index contributed by atoms with van der Waals surface area (Å²) in [4.78, 5) is 21.9. The van der Waals surface area contributed by atoms with Crippen molar-refractivity contribution in [1.29, 1.82) is 0 Å². The van der Waals surface area contributed by atoms with Crippen LogP contribution in [0.15, 0.2) is 23.1 Å². The van der Waals surface area contributed by atoms with Crippen LogP contribution in [0.5, 0.6) is 0 Å². The highest BCUT2D eigenvalue weighted by Gasteiger charge is 2.24. The zero-order chi connectivity index (χ0) is 15.5. The van der Waals surface area contributed by atoms with Gasteiger partial charge in [-0.2, -0.15) is 4.72 Å². The Bertz CT molecular complexity index is 637. The molecule has 0 amide bonds. The molecule has 8 heteroatoms. The van der Waals surface area contributed by atoms with Gasteiger partial charge >= 0.3 is 11.9 Å². The van der Waals surface area contributed by atoms with Crippen molar-refractivity contribution in [2.24, 2.45) is 0 Å². The Morgan fingerprint density at radius 3 is 2.45 bits per heavy atom. The first-order valence-electron chi connectivity index (χ1n) is 5.63. The molecule has 0 saturated carbocycles. The number of sulfonamides is 1. The summed E-state index contributed by atoms with van der Waals surface area (Å²) < 4.78 is 30.9. The van der Waals surface area contributed by atoms with Crippen LogP contribution in [0.4, 0.5) is 0 Å². The number of nitrogens with one attached hydrogen (secondary N) is 1. The van der Waals surface area contributed by atoms with E-state index in [9.17, 15) is 18.0 Å². The second kappa shape index (κ2) is 6.02. The highest BCUT2D eigenvalue weighted by molar-refractivity contribution is 7.89. The molecule has 0 fully saturated rings. The molecular formula is C12H15NO6S. The number of ether oxygens (including phenoxy) is 1. The van der Waals surface area contributed by atoms with E-state index in [1.165, 1.54) is 26.0 Å². The number of methoxy groups -OCH3 is 1. The van der Waals surface area contributed by atoms with E-state index in [1.54, 1.807) is 0 Å². The van der Waals surface area contributed by atoms with Crippen LogP contribution in [0.3, 0.4) is 0 Å². The van der Waals surface area contributed by atoms with E-state index in [-0.39, 0.29) is 10.5 Å². The third-order valence-electron chi connectivity index (χ3n) is 2.61. The third-order valence-corrected chi connectivity index (χ3v) is 4.29. The van der Waals surface area contributed by atoms with Gasteiger partial charge in [-0.25, -0.2) is 13.2 Å². The number of benzene rings is 1. The topological polar surface area (TPSA) is 110 Å². The minimum Gasteiger partial charge on any atom is -0.478 e. The van der Waals surface area contributed by atoms with Gasteiger partial charge in [-0.05, 0) is 31.5 Å². The molecule has 0 heterocycles. The van der Waals surface area contributed by atoms with Gasteiger partial charge in [0.05, 0.1) is 17.6 Å². The molecule has 2 N–H and O–H groups in total. The maximum atomic E-state index is 12.1. The van der Waals surface area contributed by atoms with Crippen LogP contribution in [0.1, 0.15) is 22.8 Å². The number of carbonyl (C=O) groups is 2. The van der Waals surface area contributed by atoms with Crippen LogP contribution < -0.4 is 4.72 Å². The van der Waals surface area contributed by atoms with Crippen molar-refractivity contribution in [3.8, 4) is 0 Å². The average Bonchev–Trinajstić information content (AvgIpc) is 2.37. The van der Waals surface area contributed by atoms with Crippen LogP contribution in [0.2, 0.25) is 0 Å². The van der Waals surface area contributed by atoms with Crippen LogP contribution in [-0.2, 0) is 19.6 Å².